The molecule has 0 aliphatic heterocycles. The van der Waals surface area contributed by atoms with Crippen LogP contribution in [0.15, 0.2) is 39.5 Å². The van der Waals surface area contributed by atoms with Crippen LogP contribution in [-0.2, 0) is 0 Å². The van der Waals surface area contributed by atoms with Crippen LogP contribution in [-0.4, -0.2) is 20.4 Å². The normalized spacial score (nSPS) is 11.0. The second-order valence-electron chi connectivity index (χ2n) is 4.92. The fourth-order valence-corrected chi connectivity index (χ4v) is 2.25. The van der Waals surface area contributed by atoms with E-state index in [0.29, 0.717) is 11.1 Å². The standard InChI is InChI=1S/C16H12O6/c1-7-10(18)5-12(20)15-13(21)6-14(22-16(7)15)8-2-3-9(17)11(19)4-8/h2-6,17-20H,1H3. The zero-order valence-corrected chi connectivity index (χ0v) is 11.5. The predicted molar refractivity (Wildman–Crippen MR) is 79.3 cm³/mol. The summed E-state index contributed by atoms with van der Waals surface area (Å²) in [6.45, 7) is 1.55. The van der Waals surface area contributed by atoms with Crippen LogP contribution in [0.4, 0.5) is 0 Å². The molecule has 0 bridgehead atoms. The van der Waals surface area contributed by atoms with E-state index in [2.05, 4.69) is 0 Å². The first-order chi connectivity index (χ1) is 10.4. The van der Waals surface area contributed by atoms with Gasteiger partial charge in [0.25, 0.3) is 0 Å². The van der Waals surface area contributed by atoms with Gasteiger partial charge in [0.1, 0.15) is 28.2 Å². The minimum Gasteiger partial charge on any atom is -0.507 e. The first-order valence-electron chi connectivity index (χ1n) is 6.40. The van der Waals surface area contributed by atoms with Crippen molar-refractivity contribution in [2.45, 2.75) is 6.92 Å². The molecule has 6 nitrogen and oxygen atoms in total. The van der Waals surface area contributed by atoms with Gasteiger partial charge in [0, 0.05) is 23.3 Å². The minimum atomic E-state index is -0.482. The fourth-order valence-electron chi connectivity index (χ4n) is 2.25. The number of aromatic hydroxyl groups is 4. The molecule has 0 aliphatic rings. The number of rotatable bonds is 1. The van der Waals surface area contributed by atoms with Crippen LogP contribution in [0, 0.1) is 6.92 Å². The van der Waals surface area contributed by atoms with E-state index >= 15 is 0 Å². The number of phenolic OH excluding ortho intramolecular Hbond substituents is 4. The van der Waals surface area contributed by atoms with Crippen molar-refractivity contribution in [3.8, 4) is 34.3 Å². The van der Waals surface area contributed by atoms with Gasteiger partial charge in [0.2, 0.25) is 0 Å². The minimum absolute atomic E-state index is 0.0259. The second kappa shape index (κ2) is 4.70. The van der Waals surface area contributed by atoms with Crippen molar-refractivity contribution in [3.63, 3.8) is 0 Å². The summed E-state index contributed by atoms with van der Waals surface area (Å²) in [5, 5.41) is 38.4. The van der Waals surface area contributed by atoms with Crippen LogP contribution in [0.5, 0.6) is 23.0 Å². The number of hydrogen-bond acceptors (Lipinski definition) is 6. The number of hydrogen-bond donors (Lipinski definition) is 4. The summed E-state index contributed by atoms with van der Waals surface area (Å²) in [5.41, 5.74) is 0.267. The molecule has 0 saturated heterocycles. The number of fused-ring (bicyclic) bond motifs is 1. The van der Waals surface area contributed by atoms with Crippen molar-refractivity contribution >= 4 is 11.0 Å². The molecule has 0 atom stereocenters. The first-order valence-corrected chi connectivity index (χ1v) is 6.40. The molecule has 0 saturated carbocycles. The Morgan fingerprint density at radius 3 is 2.27 bits per heavy atom. The molecule has 112 valence electrons. The highest BCUT2D eigenvalue weighted by atomic mass is 16.3. The molecule has 0 unspecified atom stereocenters. The van der Waals surface area contributed by atoms with Crippen LogP contribution in [0.3, 0.4) is 0 Å². The van der Waals surface area contributed by atoms with Crippen molar-refractivity contribution in [1.82, 2.24) is 0 Å². The van der Waals surface area contributed by atoms with Crippen LogP contribution < -0.4 is 5.43 Å². The van der Waals surface area contributed by atoms with E-state index in [0.717, 1.165) is 6.07 Å². The summed E-state index contributed by atoms with van der Waals surface area (Å²) in [4.78, 5) is 12.2. The average Bonchev–Trinajstić information content (AvgIpc) is 2.47. The van der Waals surface area contributed by atoms with E-state index in [1.54, 1.807) is 6.92 Å². The van der Waals surface area contributed by atoms with E-state index in [1.165, 1.54) is 24.3 Å². The highest BCUT2D eigenvalue weighted by molar-refractivity contribution is 5.89. The second-order valence-corrected chi connectivity index (χ2v) is 4.92. The van der Waals surface area contributed by atoms with Crippen molar-refractivity contribution in [2.24, 2.45) is 0 Å². The van der Waals surface area contributed by atoms with E-state index in [4.69, 9.17) is 4.42 Å². The third-order valence-corrected chi connectivity index (χ3v) is 3.46. The van der Waals surface area contributed by atoms with E-state index in [1.807, 2.05) is 0 Å². The van der Waals surface area contributed by atoms with Gasteiger partial charge in [0.15, 0.2) is 16.9 Å². The van der Waals surface area contributed by atoms with E-state index in [9.17, 15) is 25.2 Å². The van der Waals surface area contributed by atoms with Gasteiger partial charge in [-0.1, -0.05) is 0 Å². The summed E-state index contributed by atoms with van der Waals surface area (Å²) in [5.74, 6) is -1.07. The van der Waals surface area contributed by atoms with E-state index in [-0.39, 0.29) is 39.7 Å². The van der Waals surface area contributed by atoms with Crippen LogP contribution in [0.2, 0.25) is 0 Å². The number of aryl methyl sites for hydroxylation is 1. The van der Waals surface area contributed by atoms with Crippen molar-refractivity contribution in [1.29, 1.82) is 0 Å². The lowest BCUT2D eigenvalue weighted by molar-refractivity contribution is 0.404. The molecular weight excluding hydrogens is 288 g/mol. The lowest BCUT2D eigenvalue weighted by Crippen LogP contribution is -2.02. The topological polar surface area (TPSA) is 111 Å². The molecule has 0 spiro atoms. The zero-order valence-electron chi connectivity index (χ0n) is 11.5. The zero-order chi connectivity index (χ0) is 16.0. The summed E-state index contributed by atoms with van der Waals surface area (Å²) >= 11 is 0. The third-order valence-electron chi connectivity index (χ3n) is 3.46. The summed E-state index contributed by atoms with van der Waals surface area (Å²) in [6, 6.07) is 6.24. The Hall–Kier alpha value is -3.15. The Morgan fingerprint density at radius 1 is 0.864 bits per heavy atom. The Balaban J connectivity index is 2.35. The predicted octanol–water partition coefficient (Wildman–Crippen LogP) is 2.59. The summed E-state index contributed by atoms with van der Waals surface area (Å²) in [6.07, 6.45) is 0. The molecule has 22 heavy (non-hydrogen) atoms. The lowest BCUT2D eigenvalue weighted by Gasteiger charge is -2.08. The monoisotopic (exact) mass is 300 g/mol. The molecule has 0 amide bonds. The van der Waals surface area contributed by atoms with E-state index < -0.39 is 5.43 Å². The molecule has 0 radical (unpaired) electrons. The molecular formula is C16H12O6. The van der Waals surface area contributed by atoms with Gasteiger partial charge in [-0.05, 0) is 25.1 Å². The Bertz CT molecular complexity index is 955. The number of benzene rings is 2. The molecule has 2 aromatic carbocycles. The Labute approximate surface area is 124 Å². The smallest absolute Gasteiger partial charge is 0.197 e. The molecule has 0 fully saturated rings. The molecule has 6 heteroatoms. The van der Waals surface area contributed by atoms with Gasteiger partial charge < -0.3 is 24.8 Å². The average molecular weight is 300 g/mol. The molecule has 1 aromatic heterocycles. The van der Waals surface area contributed by atoms with Gasteiger partial charge >= 0.3 is 0 Å². The quantitative estimate of drug-likeness (QED) is 0.514. The van der Waals surface area contributed by atoms with Gasteiger partial charge in [-0.25, -0.2) is 0 Å². The molecule has 3 aromatic rings. The maximum Gasteiger partial charge on any atom is 0.197 e. The van der Waals surface area contributed by atoms with Crippen LogP contribution in [0.25, 0.3) is 22.3 Å². The Morgan fingerprint density at radius 2 is 1.59 bits per heavy atom. The molecule has 1 heterocycles. The lowest BCUT2D eigenvalue weighted by atomic mass is 10.1. The fraction of sp³-hybridized carbons (Fsp3) is 0.0625. The van der Waals surface area contributed by atoms with Gasteiger partial charge in [-0.15, -0.1) is 0 Å². The van der Waals surface area contributed by atoms with Crippen LogP contribution in [0.1, 0.15) is 5.56 Å². The van der Waals surface area contributed by atoms with Crippen molar-refractivity contribution in [2.75, 3.05) is 0 Å². The number of phenols is 4. The van der Waals surface area contributed by atoms with Gasteiger partial charge in [-0.2, -0.15) is 0 Å². The Kier molecular flexibility index (Phi) is 2.95. The SMILES string of the molecule is Cc1c(O)cc(O)c2c(=O)cc(-c3ccc(O)c(O)c3)oc12. The highest BCUT2D eigenvalue weighted by Crippen LogP contribution is 2.35. The maximum absolute atomic E-state index is 12.2. The first kappa shape index (κ1) is 13.8. The third kappa shape index (κ3) is 2.01. The van der Waals surface area contributed by atoms with Crippen molar-refractivity contribution in [3.05, 3.63) is 46.1 Å². The highest BCUT2D eigenvalue weighted by Gasteiger charge is 2.16. The summed E-state index contributed by atoms with van der Waals surface area (Å²) < 4.78 is 5.60. The molecule has 4 N–H and O–H groups in total. The maximum atomic E-state index is 12.2. The van der Waals surface area contributed by atoms with Crippen LogP contribution >= 0.6 is 0 Å². The van der Waals surface area contributed by atoms with Gasteiger partial charge in [-0.3, -0.25) is 4.79 Å². The largest absolute Gasteiger partial charge is 0.507 e. The van der Waals surface area contributed by atoms with Crippen molar-refractivity contribution < 1.29 is 24.8 Å². The molecule has 0 aliphatic carbocycles. The molecule has 3 rings (SSSR count). The van der Waals surface area contributed by atoms with Gasteiger partial charge in [0.05, 0.1) is 0 Å². The summed E-state index contributed by atoms with van der Waals surface area (Å²) in [7, 11) is 0.